The molecule has 0 amide bonds. The van der Waals surface area contributed by atoms with Crippen LogP contribution in [0.5, 0.6) is 0 Å². The van der Waals surface area contributed by atoms with Crippen molar-refractivity contribution in [2.75, 3.05) is 13.2 Å². The van der Waals surface area contributed by atoms with Crippen LogP contribution in [0.25, 0.3) is 10.4 Å². The van der Waals surface area contributed by atoms with Gasteiger partial charge in [0.1, 0.15) is 0 Å². The van der Waals surface area contributed by atoms with Gasteiger partial charge in [-0.05, 0) is 30.2 Å². The van der Waals surface area contributed by atoms with Crippen molar-refractivity contribution < 1.29 is 9.53 Å². The van der Waals surface area contributed by atoms with Crippen molar-refractivity contribution in [2.24, 2.45) is 5.11 Å². The quantitative estimate of drug-likeness (QED) is 0.203. The lowest BCUT2D eigenvalue weighted by Gasteiger charge is -2.01. The Bertz CT molecular complexity index is 520. The lowest BCUT2D eigenvalue weighted by Crippen LogP contribution is -2.07. The average Bonchev–Trinajstić information content (AvgIpc) is 2.41. The highest BCUT2D eigenvalue weighted by atomic mass is 16.5. The molecule has 0 spiro atoms. The molecule has 0 aromatic heterocycles. The van der Waals surface area contributed by atoms with Crippen molar-refractivity contribution in [2.45, 2.75) is 19.8 Å². The minimum Gasteiger partial charge on any atom is -0.466 e. The maximum Gasteiger partial charge on any atom is 0.310 e. The maximum atomic E-state index is 11.3. The van der Waals surface area contributed by atoms with Crippen LogP contribution in [0.1, 0.15) is 24.5 Å². The van der Waals surface area contributed by atoms with Crippen LogP contribution >= 0.6 is 0 Å². The molecule has 98 valence electrons. The van der Waals surface area contributed by atoms with Gasteiger partial charge in [-0.15, -0.1) is 0 Å². The number of carbonyl (C=O) groups excluding carboxylic acids is 1. The molecule has 0 bridgehead atoms. The van der Waals surface area contributed by atoms with Crippen LogP contribution in [0, 0.1) is 11.8 Å². The second-order valence-electron chi connectivity index (χ2n) is 3.68. The number of hydrogen-bond donors (Lipinski definition) is 0. The lowest BCUT2D eigenvalue weighted by atomic mass is 10.1. The zero-order chi connectivity index (χ0) is 13.9. The largest absolute Gasteiger partial charge is 0.466 e. The van der Waals surface area contributed by atoms with Gasteiger partial charge in [-0.3, -0.25) is 4.79 Å². The summed E-state index contributed by atoms with van der Waals surface area (Å²) in [5.74, 6) is 5.64. The predicted molar refractivity (Wildman–Crippen MR) is 72.3 cm³/mol. The van der Waals surface area contributed by atoms with Crippen LogP contribution in [0.4, 0.5) is 0 Å². The van der Waals surface area contributed by atoms with Gasteiger partial charge in [-0.2, -0.15) is 0 Å². The molecule has 1 aromatic carbocycles. The van der Waals surface area contributed by atoms with Crippen LogP contribution in [0.15, 0.2) is 29.4 Å². The second kappa shape index (κ2) is 8.62. The molecule has 1 aromatic rings. The van der Waals surface area contributed by atoms with Gasteiger partial charge in [-0.25, -0.2) is 0 Å². The molecule has 0 N–H and O–H groups in total. The van der Waals surface area contributed by atoms with E-state index in [0.29, 0.717) is 19.6 Å². The van der Waals surface area contributed by atoms with E-state index in [1.807, 2.05) is 24.3 Å². The van der Waals surface area contributed by atoms with Gasteiger partial charge < -0.3 is 4.74 Å². The van der Waals surface area contributed by atoms with Crippen molar-refractivity contribution in [3.05, 3.63) is 45.8 Å². The molecule has 0 saturated carbocycles. The van der Waals surface area contributed by atoms with Gasteiger partial charge in [0.05, 0.1) is 13.0 Å². The third-order valence-electron chi connectivity index (χ3n) is 2.24. The van der Waals surface area contributed by atoms with Gasteiger partial charge in [0, 0.05) is 23.4 Å². The Balaban J connectivity index is 2.51. The number of benzene rings is 1. The summed E-state index contributed by atoms with van der Waals surface area (Å²) in [6, 6.07) is 7.42. The summed E-state index contributed by atoms with van der Waals surface area (Å²) in [6.07, 6.45) is 0.813. The highest BCUT2D eigenvalue weighted by Crippen LogP contribution is 2.05. The normalized spacial score (nSPS) is 8.89. The number of carbonyl (C=O) groups is 1. The molecule has 19 heavy (non-hydrogen) atoms. The molecule has 5 heteroatoms. The Kier molecular flexibility index (Phi) is 6.63. The maximum absolute atomic E-state index is 11.3. The van der Waals surface area contributed by atoms with Gasteiger partial charge in [0.2, 0.25) is 0 Å². The number of rotatable bonds is 5. The average molecular weight is 257 g/mol. The number of ether oxygens (including phenoxy) is 1. The standard InChI is InChI=1S/C14H15N3O2/c1-2-19-14(18)11-13-8-6-12(7-9-13)5-3-4-10-16-17-15/h6-9H,2,4,10-11H2,1H3. The zero-order valence-electron chi connectivity index (χ0n) is 10.8. The number of hydrogen-bond acceptors (Lipinski definition) is 3. The number of esters is 1. The number of nitrogens with zero attached hydrogens (tertiary/aromatic N) is 3. The van der Waals surface area contributed by atoms with Gasteiger partial charge >= 0.3 is 5.97 Å². The first kappa shape index (κ1) is 14.6. The minimum absolute atomic E-state index is 0.226. The third-order valence-corrected chi connectivity index (χ3v) is 2.24. The van der Waals surface area contributed by atoms with Crippen LogP contribution in [0.2, 0.25) is 0 Å². The van der Waals surface area contributed by atoms with E-state index in [4.69, 9.17) is 10.3 Å². The first-order valence-electron chi connectivity index (χ1n) is 6.00. The lowest BCUT2D eigenvalue weighted by molar-refractivity contribution is -0.142. The molecule has 0 aliphatic heterocycles. The summed E-state index contributed by atoms with van der Waals surface area (Å²) in [7, 11) is 0. The van der Waals surface area contributed by atoms with Crippen molar-refractivity contribution in [1.82, 2.24) is 0 Å². The summed E-state index contributed by atoms with van der Waals surface area (Å²) >= 11 is 0. The Morgan fingerprint density at radius 2 is 2.16 bits per heavy atom. The van der Waals surface area contributed by atoms with Crippen molar-refractivity contribution >= 4 is 5.97 Å². The minimum atomic E-state index is -0.226. The molecule has 0 aliphatic rings. The molecule has 0 unspecified atom stereocenters. The first-order valence-corrected chi connectivity index (χ1v) is 6.00. The summed E-state index contributed by atoms with van der Waals surface area (Å²) in [5.41, 5.74) is 9.87. The third kappa shape index (κ3) is 6.16. The van der Waals surface area contributed by atoms with Crippen molar-refractivity contribution in [3.63, 3.8) is 0 Å². The number of azide groups is 1. The van der Waals surface area contributed by atoms with E-state index < -0.39 is 0 Å². The fourth-order valence-electron chi connectivity index (χ4n) is 1.40. The molecule has 0 radical (unpaired) electrons. The summed E-state index contributed by atoms with van der Waals surface area (Å²) in [6.45, 7) is 2.56. The van der Waals surface area contributed by atoms with Crippen LogP contribution < -0.4 is 0 Å². The Morgan fingerprint density at radius 3 is 2.79 bits per heavy atom. The van der Waals surface area contributed by atoms with Crippen LogP contribution in [-0.2, 0) is 16.0 Å². The monoisotopic (exact) mass is 257 g/mol. The Hall–Kier alpha value is -2.44. The highest BCUT2D eigenvalue weighted by molar-refractivity contribution is 5.72. The topological polar surface area (TPSA) is 75.1 Å². The fourth-order valence-corrected chi connectivity index (χ4v) is 1.40. The van der Waals surface area contributed by atoms with E-state index in [-0.39, 0.29) is 12.4 Å². The van der Waals surface area contributed by atoms with E-state index >= 15 is 0 Å². The molecule has 0 heterocycles. The molecule has 1 rings (SSSR count). The van der Waals surface area contributed by atoms with E-state index in [1.165, 1.54) is 0 Å². The van der Waals surface area contributed by atoms with Crippen molar-refractivity contribution in [1.29, 1.82) is 0 Å². The first-order chi connectivity index (χ1) is 9.26. The van der Waals surface area contributed by atoms with E-state index in [2.05, 4.69) is 21.9 Å². The molecular formula is C14H15N3O2. The molecule has 0 fully saturated rings. The van der Waals surface area contributed by atoms with E-state index in [1.54, 1.807) is 6.92 Å². The molecule has 5 nitrogen and oxygen atoms in total. The van der Waals surface area contributed by atoms with Gasteiger partial charge in [0.15, 0.2) is 0 Å². The van der Waals surface area contributed by atoms with E-state index in [9.17, 15) is 4.79 Å². The highest BCUT2D eigenvalue weighted by Gasteiger charge is 2.02. The zero-order valence-corrected chi connectivity index (χ0v) is 10.8. The summed E-state index contributed by atoms with van der Waals surface area (Å²) < 4.78 is 4.87. The predicted octanol–water partition coefficient (Wildman–Crippen LogP) is 2.84. The van der Waals surface area contributed by atoms with Crippen LogP contribution in [-0.4, -0.2) is 19.1 Å². The fraction of sp³-hybridized carbons (Fsp3) is 0.357. The molecular weight excluding hydrogens is 242 g/mol. The summed E-state index contributed by atoms with van der Waals surface area (Å²) in [4.78, 5) is 13.9. The molecule has 0 aliphatic carbocycles. The SMILES string of the molecule is CCOC(=O)Cc1ccc(C#CCCN=[N+]=[N-])cc1. The molecule has 0 saturated heterocycles. The van der Waals surface area contributed by atoms with E-state index in [0.717, 1.165) is 11.1 Å². The summed E-state index contributed by atoms with van der Waals surface area (Å²) in [5, 5.41) is 3.39. The smallest absolute Gasteiger partial charge is 0.310 e. The Morgan fingerprint density at radius 1 is 1.42 bits per heavy atom. The second-order valence-corrected chi connectivity index (χ2v) is 3.68. The van der Waals surface area contributed by atoms with Gasteiger partial charge in [0.25, 0.3) is 0 Å². The van der Waals surface area contributed by atoms with Crippen LogP contribution in [0.3, 0.4) is 0 Å². The Labute approximate surface area is 112 Å². The van der Waals surface area contributed by atoms with Crippen molar-refractivity contribution in [3.8, 4) is 11.8 Å². The molecule has 0 atom stereocenters. The van der Waals surface area contributed by atoms with Gasteiger partial charge in [-0.1, -0.05) is 29.1 Å².